The Balaban J connectivity index is 2.54. The number of hydrogen-bond acceptors (Lipinski definition) is 4. The predicted molar refractivity (Wildman–Crippen MR) is 63.1 cm³/mol. The number of nitrogens with one attached hydrogen (secondary N) is 1. The van der Waals surface area contributed by atoms with E-state index in [0.717, 1.165) is 11.0 Å². The van der Waals surface area contributed by atoms with E-state index in [1.807, 2.05) is 10.7 Å². The molecule has 5 nitrogen and oxygen atoms in total. The van der Waals surface area contributed by atoms with Crippen LogP contribution in [0.1, 0.15) is 13.8 Å². The smallest absolute Gasteiger partial charge is 0.115 e. The van der Waals surface area contributed by atoms with E-state index in [-0.39, 0.29) is 0 Å². The van der Waals surface area contributed by atoms with Crippen molar-refractivity contribution in [3.05, 3.63) is 18.5 Å². The molecule has 2 rings (SSSR count). The third-order valence-corrected chi connectivity index (χ3v) is 2.15. The highest BCUT2D eigenvalue weighted by Crippen LogP contribution is 2.22. The molecule has 1 aromatic carbocycles. The molecule has 0 aliphatic carbocycles. The summed E-state index contributed by atoms with van der Waals surface area (Å²) in [6.07, 6.45) is 1.73. The quantitative estimate of drug-likeness (QED) is 0.642. The van der Waals surface area contributed by atoms with Gasteiger partial charge in [-0.15, -0.1) is 0 Å². The highest BCUT2D eigenvalue weighted by Gasteiger charge is 2.05. The molecule has 0 saturated carbocycles. The van der Waals surface area contributed by atoms with Gasteiger partial charge in [-0.3, -0.25) is 0 Å². The average molecular weight is 205 g/mol. The Morgan fingerprint density at radius 3 is 2.60 bits per heavy atom. The van der Waals surface area contributed by atoms with E-state index in [4.69, 9.17) is 11.5 Å². The Kier molecular flexibility index (Phi) is 2.15. The Labute approximate surface area is 88.0 Å². The second kappa shape index (κ2) is 3.34. The van der Waals surface area contributed by atoms with Gasteiger partial charge in [-0.1, -0.05) is 0 Å². The van der Waals surface area contributed by atoms with Gasteiger partial charge in [0.05, 0.1) is 22.4 Å². The molecule has 15 heavy (non-hydrogen) atoms. The molecule has 0 saturated heterocycles. The lowest BCUT2D eigenvalue weighted by Crippen LogP contribution is -2.21. The first-order valence-corrected chi connectivity index (χ1v) is 4.86. The largest absolute Gasteiger partial charge is 0.397 e. The van der Waals surface area contributed by atoms with E-state index in [9.17, 15) is 0 Å². The third kappa shape index (κ3) is 1.68. The van der Waals surface area contributed by atoms with Crippen LogP contribution < -0.4 is 16.9 Å². The maximum absolute atomic E-state index is 5.75. The van der Waals surface area contributed by atoms with Gasteiger partial charge in [0.2, 0.25) is 0 Å². The first-order valence-electron chi connectivity index (χ1n) is 4.86. The van der Waals surface area contributed by atoms with Gasteiger partial charge in [0.15, 0.2) is 0 Å². The lowest BCUT2D eigenvalue weighted by Gasteiger charge is -2.11. The zero-order chi connectivity index (χ0) is 11.0. The molecule has 0 atom stereocenters. The molecular weight excluding hydrogens is 190 g/mol. The number of nitrogens with two attached hydrogens (primary N) is 2. The van der Waals surface area contributed by atoms with Gasteiger partial charge in [0.25, 0.3) is 0 Å². The zero-order valence-electron chi connectivity index (χ0n) is 8.86. The Bertz CT molecular complexity index is 486. The van der Waals surface area contributed by atoms with Gasteiger partial charge >= 0.3 is 0 Å². The summed E-state index contributed by atoms with van der Waals surface area (Å²) in [6, 6.07) is 3.94. The fraction of sp³-hybridized carbons (Fsp3) is 0.300. The average Bonchev–Trinajstić information content (AvgIpc) is 2.49. The number of nitrogens with zero attached hydrogens (tertiary/aromatic N) is 2. The minimum Gasteiger partial charge on any atom is -0.397 e. The van der Waals surface area contributed by atoms with E-state index < -0.39 is 0 Å². The molecule has 0 bridgehead atoms. The number of rotatable bonds is 2. The maximum Gasteiger partial charge on any atom is 0.115 e. The number of nitrogen functional groups attached to an aromatic ring is 2. The standard InChI is InChI=1S/C10H15N5/c1-6(2)14-15-5-13-9-3-7(11)8(12)4-10(9)15/h3-6,14H,11-12H2,1-2H3. The topological polar surface area (TPSA) is 81.9 Å². The van der Waals surface area contributed by atoms with E-state index in [2.05, 4.69) is 24.3 Å². The number of benzene rings is 1. The Hall–Kier alpha value is -1.91. The number of fused-ring (bicyclic) bond motifs is 1. The molecule has 0 fully saturated rings. The van der Waals surface area contributed by atoms with Crippen molar-refractivity contribution >= 4 is 22.4 Å². The molecule has 0 aliphatic heterocycles. The molecule has 1 heterocycles. The molecule has 2 aromatic rings. The van der Waals surface area contributed by atoms with Gasteiger partial charge in [-0.05, 0) is 26.0 Å². The number of hydrogen-bond donors (Lipinski definition) is 3. The van der Waals surface area contributed by atoms with E-state index in [0.29, 0.717) is 17.4 Å². The first-order chi connectivity index (χ1) is 7.08. The van der Waals surface area contributed by atoms with Gasteiger partial charge in [0, 0.05) is 6.04 Å². The number of aromatic nitrogens is 2. The van der Waals surface area contributed by atoms with Crippen LogP contribution in [-0.2, 0) is 0 Å². The summed E-state index contributed by atoms with van der Waals surface area (Å²) >= 11 is 0. The maximum atomic E-state index is 5.75. The lowest BCUT2D eigenvalue weighted by atomic mass is 10.2. The highest BCUT2D eigenvalue weighted by atomic mass is 15.4. The SMILES string of the molecule is CC(C)Nn1cnc2cc(N)c(N)cc21. The van der Waals surface area contributed by atoms with Crippen molar-refractivity contribution in [2.24, 2.45) is 0 Å². The van der Waals surface area contributed by atoms with Crippen molar-refractivity contribution < 1.29 is 0 Å². The first kappa shape index (κ1) is 9.64. The van der Waals surface area contributed by atoms with Crippen molar-refractivity contribution in [1.29, 1.82) is 0 Å². The summed E-state index contributed by atoms with van der Waals surface area (Å²) in [5, 5.41) is 0. The number of anilines is 2. The lowest BCUT2D eigenvalue weighted by molar-refractivity contribution is 0.750. The van der Waals surface area contributed by atoms with Crippen LogP contribution in [0.3, 0.4) is 0 Å². The summed E-state index contributed by atoms with van der Waals surface area (Å²) < 4.78 is 1.86. The molecule has 0 aliphatic rings. The fourth-order valence-corrected chi connectivity index (χ4v) is 1.47. The van der Waals surface area contributed by atoms with Crippen molar-refractivity contribution in [2.45, 2.75) is 19.9 Å². The second-order valence-electron chi connectivity index (χ2n) is 3.87. The van der Waals surface area contributed by atoms with Crippen LogP contribution >= 0.6 is 0 Å². The van der Waals surface area contributed by atoms with E-state index in [1.165, 1.54) is 0 Å². The predicted octanol–water partition coefficient (Wildman–Crippen LogP) is 1.15. The Morgan fingerprint density at radius 2 is 1.93 bits per heavy atom. The van der Waals surface area contributed by atoms with E-state index >= 15 is 0 Å². The summed E-state index contributed by atoms with van der Waals surface area (Å²) in [7, 11) is 0. The van der Waals surface area contributed by atoms with Crippen LogP contribution in [-0.4, -0.2) is 15.7 Å². The molecule has 0 unspecified atom stereocenters. The fourth-order valence-electron chi connectivity index (χ4n) is 1.47. The molecule has 1 aromatic heterocycles. The van der Waals surface area contributed by atoms with Crippen molar-refractivity contribution in [1.82, 2.24) is 9.66 Å². The molecule has 5 heteroatoms. The van der Waals surface area contributed by atoms with Crippen LogP contribution in [0.4, 0.5) is 11.4 Å². The van der Waals surface area contributed by atoms with Gasteiger partial charge in [-0.25, -0.2) is 9.66 Å². The van der Waals surface area contributed by atoms with Crippen LogP contribution in [0.15, 0.2) is 18.5 Å². The zero-order valence-corrected chi connectivity index (χ0v) is 8.86. The van der Waals surface area contributed by atoms with Crippen LogP contribution in [0.25, 0.3) is 11.0 Å². The highest BCUT2D eigenvalue weighted by molar-refractivity contribution is 5.86. The molecule has 80 valence electrons. The Morgan fingerprint density at radius 1 is 1.27 bits per heavy atom. The van der Waals surface area contributed by atoms with Crippen molar-refractivity contribution in [2.75, 3.05) is 16.9 Å². The second-order valence-corrected chi connectivity index (χ2v) is 3.87. The minimum absolute atomic E-state index is 0.334. The van der Waals surface area contributed by atoms with Crippen molar-refractivity contribution in [3.63, 3.8) is 0 Å². The van der Waals surface area contributed by atoms with Gasteiger partial charge in [0.1, 0.15) is 6.33 Å². The monoisotopic (exact) mass is 205 g/mol. The summed E-state index contributed by atoms with van der Waals surface area (Å²) in [5.74, 6) is 0. The van der Waals surface area contributed by atoms with Gasteiger partial charge in [-0.2, -0.15) is 0 Å². The van der Waals surface area contributed by atoms with Crippen molar-refractivity contribution in [3.8, 4) is 0 Å². The normalized spacial score (nSPS) is 11.1. The van der Waals surface area contributed by atoms with Crippen LogP contribution in [0, 0.1) is 0 Å². The van der Waals surface area contributed by atoms with E-state index in [1.54, 1.807) is 12.4 Å². The summed E-state index contributed by atoms with van der Waals surface area (Å²) in [5.41, 5.74) is 17.6. The third-order valence-electron chi connectivity index (χ3n) is 2.15. The summed E-state index contributed by atoms with van der Waals surface area (Å²) in [6.45, 7) is 4.12. The van der Waals surface area contributed by atoms with Crippen LogP contribution in [0.5, 0.6) is 0 Å². The molecule has 5 N–H and O–H groups in total. The van der Waals surface area contributed by atoms with Crippen LogP contribution in [0.2, 0.25) is 0 Å². The number of imidazole rings is 1. The van der Waals surface area contributed by atoms with Gasteiger partial charge < -0.3 is 16.9 Å². The molecule has 0 spiro atoms. The molecular formula is C10H15N5. The molecule has 0 amide bonds. The summed E-state index contributed by atoms with van der Waals surface area (Å²) in [4.78, 5) is 4.24. The molecule has 0 radical (unpaired) electrons. The minimum atomic E-state index is 0.334.